The number of hydrogen-bond donors (Lipinski definition) is 1. The molecule has 0 bridgehead atoms. The second kappa shape index (κ2) is 4.79. The lowest BCUT2D eigenvalue weighted by Gasteiger charge is -2.08. The van der Waals surface area contributed by atoms with Crippen LogP contribution in [-0.4, -0.2) is 21.6 Å². The van der Waals surface area contributed by atoms with Gasteiger partial charge < -0.3 is 9.88 Å². The van der Waals surface area contributed by atoms with Crippen LogP contribution in [0.15, 0.2) is 30.9 Å². The van der Waals surface area contributed by atoms with Gasteiger partial charge in [0.1, 0.15) is 5.82 Å². The topological polar surface area (TPSA) is 42.7 Å². The van der Waals surface area contributed by atoms with Gasteiger partial charge >= 0.3 is 0 Å². The lowest BCUT2D eigenvalue weighted by atomic mass is 10.3. The zero-order valence-corrected chi connectivity index (χ0v) is 9.64. The van der Waals surface area contributed by atoms with Crippen LogP contribution in [0.2, 0.25) is 0 Å². The van der Waals surface area contributed by atoms with Crippen LogP contribution in [-0.2, 0) is 6.42 Å². The van der Waals surface area contributed by atoms with E-state index in [-0.39, 0.29) is 0 Å². The number of anilines is 1. The van der Waals surface area contributed by atoms with Crippen molar-refractivity contribution in [3.63, 3.8) is 0 Å². The number of hydrogen-bond acceptors (Lipinski definition) is 3. The molecule has 0 aliphatic carbocycles. The van der Waals surface area contributed by atoms with E-state index < -0.39 is 0 Å². The van der Waals surface area contributed by atoms with Gasteiger partial charge in [0.05, 0.1) is 23.8 Å². The van der Waals surface area contributed by atoms with Crippen molar-refractivity contribution in [2.45, 2.75) is 19.8 Å². The molecule has 1 N–H and O–H groups in total. The quantitative estimate of drug-likeness (QED) is 0.852. The number of aromatic nitrogens is 3. The molecule has 2 aromatic heterocycles. The Hall–Kier alpha value is -1.84. The molecule has 2 heterocycles. The highest BCUT2D eigenvalue weighted by atomic mass is 15.1. The number of nitrogens with zero attached hydrogens (tertiary/aromatic N) is 3. The van der Waals surface area contributed by atoms with E-state index in [0.29, 0.717) is 0 Å². The van der Waals surface area contributed by atoms with Crippen molar-refractivity contribution in [1.82, 2.24) is 14.5 Å². The minimum atomic E-state index is 0.983. The van der Waals surface area contributed by atoms with Crippen molar-refractivity contribution in [3.05, 3.63) is 36.7 Å². The first-order valence-corrected chi connectivity index (χ1v) is 5.50. The minimum Gasteiger partial charge on any atom is -0.387 e. The van der Waals surface area contributed by atoms with Crippen LogP contribution in [0.3, 0.4) is 0 Å². The Morgan fingerprint density at radius 2 is 2.25 bits per heavy atom. The summed E-state index contributed by atoms with van der Waals surface area (Å²) in [6, 6.07) is 2.06. The molecular formula is C12H16N4. The molecule has 4 nitrogen and oxygen atoms in total. The first-order chi connectivity index (χ1) is 7.85. The van der Waals surface area contributed by atoms with E-state index >= 15 is 0 Å². The second-order valence-electron chi connectivity index (χ2n) is 3.65. The first-order valence-electron chi connectivity index (χ1n) is 5.50. The average Bonchev–Trinajstić information content (AvgIpc) is 2.78. The van der Waals surface area contributed by atoms with Crippen molar-refractivity contribution >= 4 is 5.69 Å². The molecule has 0 unspecified atom stereocenters. The molecule has 0 radical (unpaired) electrons. The summed E-state index contributed by atoms with van der Waals surface area (Å²) < 4.78 is 2.08. The van der Waals surface area contributed by atoms with Gasteiger partial charge in [-0.2, -0.15) is 0 Å². The van der Waals surface area contributed by atoms with Crippen LogP contribution < -0.4 is 5.32 Å². The molecule has 0 atom stereocenters. The van der Waals surface area contributed by atoms with E-state index in [1.54, 1.807) is 6.20 Å². The zero-order chi connectivity index (χ0) is 11.4. The molecule has 0 amide bonds. The maximum Gasteiger partial charge on any atom is 0.113 e. The van der Waals surface area contributed by atoms with Crippen LogP contribution in [0.1, 0.15) is 19.2 Å². The lowest BCUT2D eigenvalue weighted by molar-refractivity contribution is 0.807. The Labute approximate surface area is 95.4 Å². The van der Waals surface area contributed by atoms with Crippen molar-refractivity contribution in [1.29, 1.82) is 0 Å². The second-order valence-corrected chi connectivity index (χ2v) is 3.65. The third-order valence-corrected chi connectivity index (χ3v) is 2.48. The van der Waals surface area contributed by atoms with E-state index in [1.165, 1.54) is 0 Å². The highest BCUT2D eigenvalue weighted by Gasteiger charge is 2.04. The van der Waals surface area contributed by atoms with Gasteiger partial charge in [-0.3, -0.25) is 4.98 Å². The monoisotopic (exact) mass is 216 g/mol. The van der Waals surface area contributed by atoms with E-state index in [9.17, 15) is 0 Å². The van der Waals surface area contributed by atoms with Gasteiger partial charge in [0.2, 0.25) is 0 Å². The van der Waals surface area contributed by atoms with E-state index in [2.05, 4.69) is 32.8 Å². The molecule has 0 aliphatic heterocycles. The highest BCUT2D eigenvalue weighted by molar-refractivity contribution is 5.48. The number of imidazole rings is 1. The number of pyridine rings is 1. The molecule has 2 rings (SSSR count). The van der Waals surface area contributed by atoms with Crippen molar-refractivity contribution in [3.8, 4) is 5.69 Å². The van der Waals surface area contributed by atoms with E-state index in [0.717, 1.165) is 30.0 Å². The maximum absolute atomic E-state index is 4.35. The van der Waals surface area contributed by atoms with Crippen LogP contribution in [0.25, 0.3) is 5.69 Å². The summed E-state index contributed by atoms with van der Waals surface area (Å²) >= 11 is 0. The molecule has 16 heavy (non-hydrogen) atoms. The molecule has 84 valence electrons. The molecule has 2 aromatic rings. The van der Waals surface area contributed by atoms with Crippen LogP contribution in [0.4, 0.5) is 5.69 Å². The van der Waals surface area contributed by atoms with E-state index in [1.807, 2.05) is 25.6 Å². The summed E-state index contributed by atoms with van der Waals surface area (Å²) in [5.74, 6) is 1.08. The first kappa shape index (κ1) is 10.7. The Bertz CT molecular complexity index is 462. The normalized spacial score (nSPS) is 10.4. The Kier molecular flexibility index (Phi) is 3.19. The summed E-state index contributed by atoms with van der Waals surface area (Å²) in [7, 11) is 1.89. The molecule has 0 spiro atoms. The summed E-state index contributed by atoms with van der Waals surface area (Å²) in [6.45, 7) is 2.15. The van der Waals surface area contributed by atoms with Gasteiger partial charge in [-0.25, -0.2) is 4.98 Å². The SMILES string of the molecule is CCCc1nccn1-c1cncc(NC)c1. The van der Waals surface area contributed by atoms with Gasteiger partial charge in [-0.1, -0.05) is 6.92 Å². The number of nitrogens with one attached hydrogen (secondary N) is 1. The van der Waals surface area contributed by atoms with Gasteiger partial charge in [0.15, 0.2) is 0 Å². The molecule has 0 saturated heterocycles. The van der Waals surface area contributed by atoms with Gasteiger partial charge in [-0.15, -0.1) is 0 Å². The third-order valence-electron chi connectivity index (χ3n) is 2.48. The van der Waals surface area contributed by atoms with Gasteiger partial charge in [0.25, 0.3) is 0 Å². The van der Waals surface area contributed by atoms with E-state index in [4.69, 9.17) is 0 Å². The maximum atomic E-state index is 4.35. The van der Waals surface area contributed by atoms with Crippen LogP contribution in [0, 0.1) is 0 Å². The predicted octanol–water partition coefficient (Wildman–Crippen LogP) is 2.26. The summed E-state index contributed by atoms with van der Waals surface area (Å²) in [6.07, 6.45) is 9.53. The predicted molar refractivity (Wildman–Crippen MR) is 64.9 cm³/mol. The molecule has 0 saturated carbocycles. The molecule has 0 aliphatic rings. The van der Waals surface area contributed by atoms with Crippen molar-refractivity contribution in [2.24, 2.45) is 0 Å². The van der Waals surface area contributed by atoms with Crippen molar-refractivity contribution in [2.75, 3.05) is 12.4 Å². The smallest absolute Gasteiger partial charge is 0.113 e. The van der Waals surface area contributed by atoms with Crippen LogP contribution in [0.5, 0.6) is 0 Å². The molecular weight excluding hydrogens is 200 g/mol. The summed E-state index contributed by atoms with van der Waals surface area (Å²) in [4.78, 5) is 8.55. The molecule has 0 fully saturated rings. The molecule has 0 aromatic carbocycles. The largest absolute Gasteiger partial charge is 0.387 e. The van der Waals surface area contributed by atoms with Crippen molar-refractivity contribution < 1.29 is 0 Å². The zero-order valence-electron chi connectivity index (χ0n) is 9.64. The highest BCUT2D eigenvalue weighted by Crippen LogP contribution is 2.14. The third kappa shape index (κ3) is 2.05. The average molecular weight is 216 g/mol. The molecule has 4 heteroatoms. The number of aryl methyl sites for hydroxylation is 1. The minimum absolute atomic E-state index is 0.983. The Balaban J connectivity index is 2.37. The lowest BCUT2D eigenvalue weighted by Crippen LogP contribution is -2.01. The number of rotatable bonds is 4. The van der Waals surface area contributed by atoms with Gasteiger partial charge in [-0.05, 0) is 12.5 Å². The van der Waals surface area contributed by atoms with Gasteiger partial charge in [0, 0.05) is 25.9 Å². The summed E-state index contributed by atoms with van der Waals surface area (Å²) in [5, 5.41) is 3.08. The summed E-state index contributed by atoms with van der Waals surface area (Å²) in [5.41, 5.74) is 2.06. The standard InChI is InChI=1S/C12H16N4/c1-3-4-12-15-5-6-16(12)11-7-10(13-2)8-14-9-11/h5-9,13H,3-4H2,1-2H3. The Morgan fingerprint density at radius 3 is 3.00 bits per heavy atom. The fraction of sp³-hybridized carbons (Fsp3) is 0.333. The fourth-order valence-electron chi connectivity index (χ4n) is 1.67. The van der Waals surface area contributed by atoms with Crippen LogP contribution >= 0.6 is 0 Å². The Morgan fingerprint density at radius 1 is 1.38 bits per heavy atom. The fourth-order valence-corrected chi connectivity index (χ4v) is 1.67.